The maximum Gasteiger partial charge on any atom is 0.354 e. The van der Waals surface area contributed by atoms with Crippen LogP contribution in [0.4, 0.5) is 0 Å². The molecule has 0 unspecified atom stereocenters. The van der Waals surface area contributed by atoms with E-state index in [1.165, 1.54) is 0 Å². The molecule has 1 aromatic rings. The smallest absolute Gasteiger partial charge is 0.354 e. The standard InChI is InChI=1S/C8H10N2O2/c1-4-6(5-2-3-5)9-10-7(4)8(11)12/h5H,2-3H2,1H3,(H,9,10)(H,11,12). The van der Waals surface area contributed by atoms with E-state index in [2.05, 4.69) is 10.2 Å². The van der Waals surface area contributed by atoms with Crippen LogP contribution in [0.5, 0.6) is 0 Å². The highest BCUT2D eigenvalue weighted by Crippen LogP contribution is 2.40. The Morgan fingerprint density at radius 1 is 1.67 bits per heavy atom. The Bertz CT molecular complexity index is 326. The predicted molar refractivity (Wildman–Crippen MR) is 42.3 cm³/mol. The fourth-order valence-electron chi connectivity index (χ4n) is 1.37. The van der Waals surface area contributed by atoms with Crippen molar-refractivity contribution >= 4 is 5.97 Å². The molecule has 2 rings (SSSR count). The SMILES string of the molecule is Cc1c(C2CC2)n[nH]c1C(=O)O. The number of nitrogens with zero attached hydrogens (tertiary/aromatic N) is 1. The lowest BCUT2D eigenvalue weighted by molar-refractivity contribution is 0.0689. The Kier molecular flexibility index (Phi) is 1.43. The van der Waals surface area contributed by atoms with Crippen molar-refractivity contribution in [3.8, 4) is 0 Å². The van der Waals surface area contributed by atoms with Gasteiger partial charge in [-0.05, 0) is 19.8 Å². The summed E-state index contributed by atoms with van der Waals surface area (Å²) >= 11 is 0. The zero-order valence-electron chi connectivity index (χ0n) is 6.79. The van der Waals surface area contributed by atoms with Crippen LogP contribution in [-0.4, -0.2) is 21.3 Å². The zero-order chi connectivity index (χ0) is 8.72. The summed E-state index contributed by atoms with van der Waals surface area (Å²) in [5.41, 5.74) is 1.97. The third-order valence-electron chi connectivity index (χ3n) is 2.23. The summed E-state index contributed by atoms with van der Waals surface area (Å²) in [6.07, 6.45) is 2.29. The number of H-pyrrole nitrogens is 1. The summed E-state index contributed by atoms with van der Waals surface area (Å²) in [4.78, 5) is 10.6. The highest BCUT2D eigenvalue weighted by molar-refractivity contribution is 5.87. The first kappa shape index (κ1) is 7.34. The molecule has 0 atom stereocenters. The summed E-state index contributed by atoms with van der Waals surface area (Å²) in [5, 5.41) is 15.2. The molecule has 0 spiro atoms. The van der Waals surface area contributed by atoms with Crippen LogP contribution in [0, 0.1) is 6.92 Å². The quantitative estimate of drug-likeness (QED) is 0.695. The van der Waals surface area contributed by atoms with E-state index in [1.54, 1.807) is 6.92 Å². The largest absolute Gasteiger partial charge is 0.477 e. The van der Waals surface area contributed by atoms with E-state index < -0.39 is 5.97 Å². The summed E-state index contributed by atoms with van der Waals surface area (Å²) in [7, 11) is 0. The first-order valence-electron chi connectivity index (χ1n) is 3.98. The van der Waals surface area contributed by atoms with Crippen molar-refractivity contribution in [3.05, 3.63) is 17.0 Å². The molecule has 12 heavy (non-hydrogen) atoms. The number of carboxylic acid groups (broad SMARTS) is 1. The van der Waals surface area contributed by atoms with Crippen LogP contribution in [0.3, 0.4) is 0 Å². The molecule has 1 heterocycles. The molecule has 1 fully saturated rings. The van der Waals surface area contributed by atoms with Gasteiger partial charge >= 0.3 is 5.97 Å². The third-order valence-corrected chi connectivity index (χ3v) is 2.23. The summed E-state index contributed by atoms with van der Waals surface area (Å²) < 4.78 is 0. The highest BCUT2D eigenvalue weighted by atomic mass is 16.4. The average Bonchev–Trinajstić information content (AvgIpc) is 2.75. The van der Waals surface area contributed by atoms with Gasteiger partial charge in [0.1, 0.15) is 5.69 Å². The lowest BCUT2D eigenvalue weighted by Crippen LogP contribution is -1.98. The van der Waals surface area contributed by atoms with Crippen molar-refractivity contribution in [1.29, 1.82) is 0 Å². The van der Waals surface area contributed by atoms with Crippen molar-refractivity contribution in [1.82, 2.24) is 10.2 Å². The van der Waals surface area contributed by atoms with Gasteiger partial charge in [-0.25, -0.2) is 4.79 Å². The fourth-order valence-corrected chi connectivity index (χ4v) is 1.37. The van der Waals surface area contributed by atoms with Gasteiger partial charge in [0, 0.05) is 11.5 Å². The van der Waals surface area contributed by atoms with Crippen LogP contribution in [0.2, 0.25) is 0 Å². The third kappa shape index (κ3) is 0.995. The Balaban J connectivity index is 2.39. The predicted octanol–water partition coefficient (Wildman–Crippen LogP) is 1.29. The van der Waals surface area contributed by atoms with Crippen LogP contribution in [0.15, 0.2) is 0 Å². The number of carboxylic acids is 1. The maximum atomic E-state index is 10.6. The van der Waals surface area contributed by atoms with Gasteiger partial charge in [-0.2, -0.15) is 5.10 Å². The molecule has 64 valence electrons. The summed E-state index contributed by atoms with van der Waals surface area (Å²) in [6, 6.07) is 0. The Morgan fingerprint density at radius 2 is 2.33 bits per heavy atom. The molecule has 1 aliphatic rings. The van der Waals surface area contributed by atoms with Crippen molar-refractivity contribution in [2.75, 3.05) is 0 Å². The lowest BCUT2D eigenvalue weighted by atomic mass is 10.1. The molecule has 0 aliphatic heterocycles. The number of aromatic carboxylic acids is 1. The average molecular weight is 166 g/mol. The first-order chi connectivity index (χ1) is 5.70. The van der Waals surface area contributed by atoms with E-state index >= 15 is 0 Å². The van der Waals surface area contributed by atoms with Gasteiger partial charge in [0.2, 0.25) is 0 Å². The minimum atomic E-state index is -0.924. The van der Waals surface area contributed by atoms with Crippen molar-refractivity contribution in [2.45, 2.75) is 25.7 Å². The van der Waals surface area contributed by atoms with Gasteiger partial charge in [0.15, 0.2) is 0 Å². The molecule has 1 aromatic heterocycles. The number of aromatic amines is 1. The summed E-state index contributed by atoms with van der Waals surface area (Å²) in [6.45, 7) is 1.81. The molecule has 0 bridgehead atoms. The van der Waals surface area contributed by atoms with Crippen LogP contribution >= 0.6 is 0 Å². The lowest BCUT2D eigenvalue weighted by Gasteiger charge is -1.92. The molecule has 4 nitrogen and oxygen atoms in total. The molecule has 2 N–H and O–H groups in total. The molecule has 0 amide bonds. The van der Waals surface area contributed by atoms with Crippen LogP contribution < -0.4 is 0 Å². The molecule has 0 aromatic carbocycles. The minimum absolute atomic E-state index is 0.233. The van der Waals surface area contributed by atoms with Crippen molar-refractivity contribution in [2.24, 2.45) is 0 Å². The van der Waals surface area contributed by atoms with Gasteiger partial charge in [-0.15, -0.1) is 0 Å². The van der Waals surface area contributed by atoms with Gasteiger partial charge in [-0.3, -0.25) is 5.10 Å². The molecule has 0 radical (unpaired) electrons. The molecular formula is C8H10N2O2. The number of hydrogen-bond acceptors (Lipinski definition) is 2. The fraction of sp³-hybridized carbons (Fsp3) is 0.500. The number of hydrogen-bond donors (Lipinski definition) is 2. The molecule has 1 aliphatic carbocycles. The van der Waals surface area contributed by atoms with Crippen molar-refractivity contribution in [3.63, 3.8) is 0 Å². The van der Waals surface area contributed by atoms with Gasteiger partial charge in [-0.1, -0.05) is 0 Å². The topological polar surface area (TPSA) is 66.0 Å². The minimum Gasteiger partial charge on any atom is -0.477 e. The van der Waals surface area contributed by atoms with E-state index in [9.17, 15) is 4.79 Å². The number of rotatable bonds is 2. The second kappa shape index (κ2) is 2.33. The monoisotopic (exact) mass is 166 g/mol. The van der Waals surface area contributed by atoms with Crippen LogP contribution in [0.25, 0.3) is 0 Å². The highest BCUT2D eigenvalue weighted by Gasteiger charge is 2.29. The number of nitrogens with one attached hydrogen (secondary N) is 1. The zero-order valence-corrected chi connectivity index (χ0v) is 6.79. The van der Waals surface area contributed by atoms with Crippen molar-refractivity contribution < 1.29 is 9.90 Å². The summed E-state index contributed by atoms with van der Waals surface area (Å²) in [5.74, 6) is -0.416. The Labute approximate surface area is 69.6 Å². The van der Waals surface area contributed by atoms with E-state index in [1.807, 2.05) is 0 Å². The first-order valence-corrected chi connectivity index (χ1v) is 3.98. The molecule has 1 saturated carbocycles. The molecule has 0 saturated heterocycles. The van der Waals surface area contributed by atoms with Crippen LogP contribution in [0.1, 0.15) is 40.5 Å². The second-order valence-corrected chi connectivity index (χ2v) is 3.19. The van der Waals surface area contributed by atoms with E-state index in [0.717, 1.165) is 24.1 Å². The van der Waals surface area contributed by atoms with Crippen LogP contribution in [-0.2, 0) is 0 Å². The Hall–Kier alpha value is -1.32. The van der Waals surface area contributed by atoms with Gasteiger partial charge < -0.3 is 5.11 Å². The van der Waals surface area contributed by atoms with E-state index in [4.69, 9.17) is 5.11 Å². The molecular weight excluding hydrogens is 156 g/mol. The molecule has 4 heteroatoms. The number of aromatic nitrogens is 2. The van der Waals surface area contributed by atoms with Gasteiger partial charge in [0.05, 0.1) is 5.69 Å². The Morgan fingerprint density at radius 3 is 2.75 bits per heavy atom. The number of carbonyl (C=O) groups is 1. The van der Waals surface area contributed by atoms with E-state index in [-0.39, 0.29) is 5.69 Å². The maximum absolute atomic E-state index is 10.6. The second-order valence-electron chi connectivity index (χ2n) is 3.19. The van der Waals surface area contributed by atoms with E-state index in [0.29, 0.717) is 5.92 Å². The normalized spacial score (nSPS) is 16.4. The van der Waals surface area contributed by atoms with Gasteiger partial charge in [0.25, 0.3) is 0 Å².